The molecule has 0 radical (unpaired) electrons. The summed E-state index contributed by atoms with van der Waals surface area (Å²) in [6.45, 7) is 3.98. The van der Waals surface area contributed by atoms with Crippen molar-refractivity contribution in [2.75, 3.05) is 11.1 Å². The lowest BCUT2D eigenvalue weighted by Gasteiger charge is -2.10. The second-order valence-electron chi connectivity index (χ2n) is 6.16. The standard InChI is InChI=1S/C19H18FN7/c1-3-16-23-14-10-12(20)6-9-15(14)27(16)19-25-17(21)24-18(26-19)22-13-7-4-11(2)5-8-13/h4-10H,3H2,1-2H3,(H3,21,22,24,25,26). The maximum Gasteiger partial charge on any atom is 0.242 e. The molecule has 0 atom stereocenters. The van der Waals surface area contributed by atoms with Crippen LogP contribution in [-0.4, -0.2) is 24.5 Å². The van der Waals surface area contributed by atoms with E-state index in [-0.39, 0.29) is 11.8 Å². The minimum Gasteiger partial charge on any atom is -0.368 e. The van der Waals surface area contributed by atoms with E-state index >= 15 is 0 Å². The molecule has 0 saturated heterocycles. The molecule has 136 valence electrons. The molecule has 0 bridgehead atoms. The molecule has 0 aliphatic heterocycles. The van der Waals surface area contributed by atoms with E-state index in [4.69, 9.17) is 5.73 Å². The molecule has 4 aromatic rings. The van der Waals surface area contributed by atoms with Crippen LogP contribution in [0.4, 0.5) is 22.0 Å². The fraction of sp³-hybridized carbons (Fsp3) is 0.158. The van der Waals surface area contributed by atoms with E-state index in [1.807, 2.05) is 38.1 Å². The van der Waals surface area contributed by atoms with Crippen molar-refractivity contribution in [2.45, 2.75) is 20.3 Å². The SMILES string of the molecule is CCc1nc2cc(F)ccc2n1-c1nc(N)nc(Nc2ccc(C)cc2)n1. The van der Waals surface area contributed by atoms with Crippen molar-refractivity contribution in [3.05, 3.63) is 59.7 Å². The number of nitrogens with one attached hydrogen (secondary N) is 1. The molecule has 3 N–H and O–H groups in total. The number of imidazole rings is 1. The second kappa shape index (κ2) is 6.64. The number of fused-ring (bicyclic) bond motifs is 1. The Kier molecular flexibility index (Phi) is 4.15. The summed E-state index contributed by atoms with van der Waals surface area (Å²) >= 11 is 0. The Balaban J connectivity index is 1.81. The highest BCUT2D eigenvalue weighted by atomic mass is 19.1. The van der Waals surface area contributed by atoms with Crippen molar-refractivity contribution in [2.24, 2.45) is 0 Å². The quantitative estimate of drug-likeness (QED) is 0.576. The van der Waals surface area contributed by atoms with Crippen molar-refractivity contribution < 1.29 is 4.39 Å². The smallest absolute Gasteiger partial charge is 0.242 e. The van der Waals surface area contributed by atoms with Gasteiger partial charge in [-0.05, 0) is 31.2 Å². The third-order valence-electron chi connectivity index (χ3n) is 4.15. The summed E-state index contributed by atoms with van der Waals surface area (Å²) < 4.78 is 15.3. The van der Waals surface area contributed by atoms with Gasteiger partial charge in [-0.15, -0.1) is 0 Å². The molecule has 8 heteroatoms. The summed E-state index contributed by atoms with van der Waals surface area (Å²) in [4.78, 5) is 17.4. The molecule has 0 amide bonds. The maximum atomic E-state index is 13.6. The van der Waals surface area contributed by atoms with Gasteiger partial charge >= 0.3 is 0 Å². The third-order valence-corrected chi connectivity index (χ3v) is 4.15. The lowest BCUT2D eigenvalue weighted by atomic mass is 10.2. The number of nitrogens with two attached hydrogens (primary N) is 1. The summed E-state index contributed by atoms with van der Waals surface area (Å²) in [6.07, 6.45) is 0.628. The number of hydrogen-bond acceptors (Lipinski definition) is 6. The number of anilines is 3. The molecular weight excluding hydrogens is 345 g/mol. The summed E-state index contributed by atoms with van der Waals surface area (Å²) in [6, 6.07) is 12.3. The maximum absolute atomic E-state index is 13.6. The number of nitrogen functional groups attached to an aromatic ring is 1. The largest absolute Gasteiger partial charge is 0.368 e. The molecule has 27 heavy (non-hydrogen) atoms. The van der Waals surface area contributed by atoms with Crippen molar-refractivity contribution in [3.8, 4) is 5.95 Å². The van der Waals surface area contributed by atoms with Gasteiger partial charge in [0.25, 0.3) is 0 Å². The van der Waals surface area contributed by atoms with Gasteiger partial charge in [0.15, 0.2) is 0 Å². The first-order valence-corrected chi connectivity index (χ1v) is 8.56. The Hall–Kier alpha value is -3.55. The van der Waals surface area contributed by atoms with Crippen molar-refractivity contribution in [1.82, 2.24) is 24.5 Å². The zero-order chi connectivity index (χ0) is 19.0. The number of benzene rings is 2. The molecule has 0 unspecified atom stereocenters. The highest BCUT2D eigenvalue weighted by Gasteiger charge is 2.16. The van der Waals surface area contributed by atoms with Crippen LogP contribution in [-0.2, 0) is 6.42 Å². The monoisotopic (exact) mass is 363 g/mol. The summed E-state index contributed by atoms with van der Waals surface area (Å²) in [5, 5.41) is 3.13. The Labute approximate surface area is 155 Å². The first-order valence-electron chi connectivity index (χ1n) is 8.56. The van der Waals surface area contributed by atoms with Crippen LogP contribution in [0.3, 0.4) is 0 Å². The van der Waals surface area contributed by atoms with Gasteiger partial charge in [0.1, 0.15) is 11.6 Å². The fourth-order valence-electron chi connectivity index (χ4n) is 2.87. The van der Waals surface area contributed by atoms with E-state index in [9.17, 15) is 4.39 Å². The van der Waals surface area contributed by atoms with Gasteiger partial charge < -0.3 is 11.1 Å². The van der Waals surface area contributed by atoms with Gasteiger partial charge in [-0.25, -0.2) is 9.37 Å². The van der Waals surface area contributed by atoms with Gasteiger partial charge in [0.05, 0.1) is 11.0 Å². The van der Waals surface area contributed by atoms with E-state index in [1.54, 1.807) is 10.6 Å². The Morgan fingerprint density at radius 3 is 2.56 bits per heavy atom. The zero-order valence-corrected chi connectivity index (χ0v) is 14.9. The van der Waals surface area contributed by atoms with E-state index < -0.39 is 0 Å². The molecule has 2 aromatic heterocycles. The molecule has 2 heterocycles. The van der Waals surface area contributed by atoms with Crippen LogP contribution in [0.2, 0.25) is 0 Å². The first-order chi connectivity index (χ1) is 13.0. The van der Waals surface area contributed by atoms with Gasteiger partial charge in [0.2, 0.25) is 17.8 Å². The average molecular weight is 363 g/mol. The number of nitrogens with zero attached hydrogens (tertiary/aromatic N) is 5. The molecule has 0 saturated carbocycles. The molecular formula is C19H18FN7. The zero-order valence-electron chi connectivity index (χ0n) is 14.9. The molecule has 4 rings (SSSR count). The van der Waals surface area contributed by atoms with Crippen LogP contribution in [0, 0.1) is 12.7 Å². The normalized spacial score (nSPS) is 11.1. The third kappa shape index (κ3) is 3.29. The van der Waals surface area contributed by atoms with Crippen LogP contribution >= 0.6 is 0 Å². The average Bonchev–Trinajstić information content (AvgIpc) is 3.00. The number of halogens is 1. The molecule has 0 spiro atoms. The van der Waals surface area contributed by atoms with Crippen LogP contribution in [0.25, 0.3) is 17.0 Å². The predicted molar refractivity (Wildman–Crippen MR) is 103 cm³/mol. The number of aryl methyl sites for hydroxylation is 2. The molecule has 0 fully saturated rings. The highest BCUT2D eigenvalue weighted by Crippen LogP contribution is 2.22. The van der Waals surface area contributed by atoms with Crippen molar-refractivity contribution >= 4 is 28.6 Å². The van der Waals surface area contributed by atoms with Gasteiger partial charge in [-0.2, -0.15) is 15.0 Å². The summed E-state index contributed by atoms with van der Waals surface area (Å²) in [5.41, 5.74) is 9.15. The summed E-state index contributed by atoms with van der Waals surface area (Å²) in [5.74, 6) is 1.12. The Morgan fingerprint density at radius 1 is 1.04 bits per heavy atom. The lowest BCUT2D eigenvalue weighted by molar-refractivity contribution is 0.629. The number of aromatic nitrogens is 5. The first kappa shape index (κ1) is 16.9. The topological polar surface area (TPSA) is 94.5 Å². The van der Waals surface area contributed by atoms with E-state index in [0.717, 1.165) is 11.3 Å². The fourth-order valence-corrected chi connectivity index (χ4v) is 2.87. The van der Waals surface area contributed by atoms with Crippen LogP contribution in [0.5, 0.6) is 0 Å². The lowest BCUT2D eigenvalue weighted by Crippen LogP contribution is -2.11. The molecule has 0 aliphatic rings. The second-order valence-corrected chi connectivity index (χ2v) is 6.16. The van der Waals surface area contributed by atoms with Gasteiger partial charge in [-0.3, -0.25) is 4.57 Å². The van der Waals surface area contributed by atoms with E-state index in [1.165, 1.54) is 12.1 Å². The van der Waals surface area contributed by atoms with E-state index in [2.05, 4.69) is 25.3 Å². The Morgan fingerprint density at radius 2 is 1.81 bits per heavy atom. The van der Waals surface area contributed by atoms with Gasteiger partial charge in [0, 0.05) is 18.2 Å². The highest BCUT2D eigenvalue weighted by molar-refractivity contribution is 5.77. The van der Waals surface area contributed by atoms with E-state index in [0.29, 0.717) is 35.2 Å². The van der Waals surface area contributed by atoms with Crippen molar-refractivity contribution in [3.63, 3.8) is 0 Å². The molecule has 0 aliphatic carbocycles. The van der Waals surface area contributed by atoms with Crippen LogP contribution < -0.4 is 11.1 Å². The molecule has 7 nitrogen and oxygen atoms in total. The van der Waals surface area contributed by atoms with Crippen molar-refractivity contribution in [1.29, 1.82) is 0 Å². The minimum atomic E-state index is -0.341. The van der Waals surface area contributed by atoms with Gasteiger partial charge in [-0.1, -0.05) is 24.6 Å². The van der Waals surface area contributed by atoms with Crippen LogP contribution in [0.1, 0.15) is 18.3 Å². The Bertz CT molecular complexity index is 1120. The minimum absolute atomic E-state index is 0.0839. The number of hydrogen-bond donors (Lipinski definition) is 2. The predicted octanol–water partition coefficient (Wildman–Crippen LogP) is 3.55. The van der Waals surface area contributed by atoms with Crippen LogP contribution in [0.15, 0.2) is 42.5 Å². The molecule has 2 aromatic carbocycles. The number of rotatable bonds is 4. The summed E-state index contributed by atoms with van der Waals surface area (Å²) in [7, 11) is 0.